The summed E-state index contributed by atoms with van der Waals surface area (Å²) in [6.45, 7) is 10.5. The number of hydrogen-bond donors (Lipinski definition) is 4. The summed E-state index contributed by atoms with van der Waals surface area (Å²) in [6, 6.07) is 6.56. The number of anilines is 1. The van der Waals surface area contributed by atoms with Crippen LogP contribution in [0.5, 0.6) is 0 Å². The number of benzene rings is 1. The molecule has 0 aliphatic carbocycles. The van der Waals surface area contributed by atoms with Crippen molar-refractivity contribution in [2.45, 2.75) is 65.9 Å². The molecule has 1 rings (SSSR count). The van der Waals surface area contributed by atoms with Gasteiger partial charge < -0.3 is 10.1 Å². The van der Waals surface area contributed by atoms with Gasteiger partial charge in [0.05, 0.1) is 0 Å². The molecule has 0 saturated carbocycles. The van der Waals surface area contributed by atoms with Gasteiger partial charge in [0.1, 0.15) is 5.60 Å². The molecule has 162 valence electrons. The lowest BCUT2D eigenvalue weighted by Gasteiger charge is -2.19. The minimum Gasteiger partial charge on any atom is -0.444 e. The summed E-state index contributed by atoms with van der Waals surface area (Å²) in [5.41, 5.74) is 5.51. The van der Waals surface area contributed by atoms with Gasteiger partial charge in [-0.25, -0.2) is 4.79 Å². The van der Waals surface area contributed by atoms with E-state index >= 15 is 0 Å². The first-order valence-corrected chi connectivity index (χ1v) is 10.5. The molecule has 0 heterocycles. The zero-order valence-corrected chi connectivity index (χ0v) is 18.9. The fourth-order valence-corrected chi connectivity index (χ4v) is 2.64. The third-order valence-corrected chi connectivity index (χ3v) is 4.22. The SMILES string of the molecule is CCCCC[C@H](C)CNC(=S)NNC(=O)c1cccc(NC(=O)OC(C)(C)C)c1. The van der Waals surface area contributed by atoms with Gasteiger partial charge in [0.25, 0.3) is 5.91 Å². The lowest BCUT2D eigenvalue weighted by atomic mass is 10.0. The number of carbonyl (C=O) groups is 2. The summed E-state index contributed by atoms with van der Waals surface area (Å²) < 4.78 is 5.21. The molecule has 0 aromatic heterocycles. The molecule has 0 aliphatic rings. The minimum absolute atomic E-state index is 0.363. The summed E-state index contributed by atoms with van der Waals surface area (Å²) >= 11 is 5.20. The lowest BCUT2D eigenvalue weighted by molar-refractivity contribution is 0.0635. The van der Waals surface area contributed by atoms with E-state index < -0.39 is 11.7 Å². The zero-order valence-electron chi connectivity index (χ0n) is 18.1. The maximum atomic E-state index is 12.3. The van der Waals surface area contributed by atoms with Crippen LogP contribution in [0.15, 0.2) is 24.3 Å². The number of amides is 2. The first-order chi connectivity index (χ1) is 13.6. The van der Waals surface area contributed by atoms with Crippen LogP contribution in [0.1, 0.15) is 70.7 Å². The Bertz CT molecular complexity index is 689. The molecule has 8 heteroatoms. The molecule has 1 aromatic carbocycles. The Balaban J connectivity index is 2.44. The van der Waals surface area contributed by atoms with Crippen LogP contribution in [-0.2, 0) is 4.74 Å². The second kappa shape index (κ2) is 12.3. The maximum Gasteiger partial charge on any atom is 0.412 e. The van der Waals surface area contributed by atoms with E-state index in [0.29, 0.717) is 22.3 Å². The average Bonchev–Trinajstić information content (AvgIpc) is 2.63. The molecule has 4 N–H and O–H groups in total. The fourth-order valence-electron chi connectivity index (χ4n) is 2.50. The Morgan fingerprint density at radius 2 is 1.90 bits per heavy atom. The van der Waals surface area contributed by atoms with Crippen molar-refractivity contribution in [2.75, 3.05) is 11.9 Å². The van der Waals surface area contributed by atoms with Crippen molar-refractivity contribution in [3.05, 3.63) is 29.8 Å². The van der Waals surface area contributed by atoms with Gasteiger partial charge in [0.15, 0.2) is 5.11 Å². The van der Waals surface area contributed by atoms with Gasteiger partial charge in [0.2, 0.25) is 0 Å². The predicted octanol–water partition coefficient (Wildman–Crippen LogP) is 4.36. The number of hydrogen-bond acceptors (Lipinski definition) is 4. The Morgan fingerprint density at radius 1 is 1.17 bits per heavy atom. The Labute approximate surface area is 179 Å². The van der Waals surface area contributed by atoms with E-state index in [9.17, 15) is 9.59 Å². The molecule has 0 bridgehead atoms. The van der Waals surface area contributed by atoms with Crippen LogP contribution in [0, 0.1) is 5.92 Å². The number of ether oxygens (including phenoxy) is 1. The summed E-state index contributed by atoms with van der Waals surface area (Å²) in [5.74, 6) is 0.144. The first kappa shape index (κ1) is 24.7. The third-order valence-electron chi connectivity index (χ3n) is 3.97. The minimum atomic E-state index is -0.598. The number of unbranched alkanes of at least 4 members (excludes halogenated alkanes) is 2. The highest BCUT2D eigenvalue weighted by Gasteiger charge is 2.16. The van der Waals surface area contributed by atoms with Gasteiger partial charge in [-0.1, -0.05) is 39.2 Å². The van der Waals surface area contributed by atoms with E-state index in [1.165, 1.54) is 19.3 Å². The van der Waals surface area contributed by atoms with Crippen LogP contribution in [0.2, 0.25) is 0 Å². The Morgan fingerprint density at radius 3 is 2.55 bits per heavy atom. The standard InChI is InChI=1S/C21H34N4O3S/c1-6-7-8-10-15(2)14-22-19(29)25-24-18(26)16-11-9-12-17(13-16)23-20(27)28-21(3,4)5/h9,11-13,15H,6-8,10,14H2,1-5H3,(H,23,27)(H,24,26)(H2,22,25,29)/t15-/m0/s1. The van der Waals surface area contributed by atoms with Gasteiger partial charge in [-0.05, 0) is 63.5 Å². The molecular formula is C21H34N4O3S. The zero-order chi connectivity index (χ0) is 21.9. The van der Waals surface area contributed by atoms with Crippen molar-refractivity contribution in [3.63, 3.8) is 0 Å². The second-order valence-electron chi connectivity index (χ2n) is 8.10. The highest BCUT2D eigenvalue weighted by molar-refractivity contribution is 7.80. The quantitative estimate of drug-likeness (QED) is 0.283. The van der Waals surface area contributed by atoms with Crippen LogP contribution < -0.4 is 21.5 Å². The van der Waals surface area contributed by atoms with Crippen molar-refractivity contribution in [1.82, 2.24) is 16.2 Å². The van der Waals surface area contributed by atoms with Gasteiger partial charge in [0, 0.05) is 17.8 Å². The molecule has 0 aliphatic heterocycles. The molecule has 0 unspecified atom stereocenters. The van der Waals surface area contributed by atoms with Crippen molar-refractivity contribution >= 4 is 35.0 Å². The lowest BCUT2D eigenvalue weighted by Crippen LogP contribution is -2.47. The average molecular weight is 423 g/mol. The smallest absolute Gasteiger partial charge is 0.412 e. The number of rotatable bonds is 8. The van der Waals surface area contributed by atoms with Crippen LogP contribution in [0.25, 0.3) is 0 Å². The number of nitrogens with one attached hydrogen (secondary N) is 4. The molecule has 0 spiro atoms. The number of carbonyl (C=O) groups excluding carboxylic acids is 2. The molecule has 1 aromatic rings. The predicted molar refractivity (Wildman–Crippen MR) is 121 cm³/mol. The molecule has 2 amide bonds. The van der Waals surface area contributed by atoms with E-state index in [0.717, 1.165) is 13.0 Å². The molecular weight excluding hydrogens is 388 g/mol. The summed E-state index contributed by atoms with van der Waals surface area (Å²) in [4.78, 5) is 24.2. The summed E-state index contributed by atoms with van der Waals surface area (Å²) in [7, 11) is 0. The van der Waals surface area contributed by atoms with Gasteiger partial charge in [-0.15, -0.1) is 0 Å². The van der Waals surface area contributed by atoms with E-state index in [1.807, 2.05) is 0 Å². The van der Waals surface area contributed by atoms with Crippen LogP contribution in [-0.4, -0.2) is 29.3 Å². The van der Waals surface area contributed by atoms with Crippen LogP contribution in [0.3, 0.4) is 0 Å². The van der Waals surface area contributed by atoms with E-state index in [1.54, 1.807) is 45.0 Å². The highest BCUT2D eigenvalue weighted by Crippen LogP contribution is 2.13. The maximum absolute atomic E-state index is 12.3. The van der Waals surface area contributed by atoms with Crippen molar-refractivity contribution in [2.24, 2.45) is 5.92 Å². The van der Waals surface area contributed by atoms with E-state index in [-0.39, 0.29) is 5.91 Å². The molecule has 0 saturated heterocycles. The van der Waals surface area contributed by atoms with Crippen molar-refractivity contribution in [3.8, 4) is 0 Å². The molecule has 0 fully saturated rings. The monoisotopic (exact) mass is 422 g/mol. The van der Waals surface area contributed by atoms with Gasteiger partial charge in [-0.2, -0.15) is 0 Å². The van der Waals surface area contributed by atoms with Crippen molar-refractivity contribution in [1.29, 1.82) is 0 Å². The van der Waals surface area contributed by atoms with E-state index in [2.05, 4.69) is 35.3 Å². The first-order valence-electron chi connectivity index (χ1n) is 10.0. The van der Waals surface area contributed by atoms with Crippen LogP contribution in [0.4, 0.5) is 10.5 Å². The van der Waals surface area contributed by atoms with E-state index in [4.69, 9.17) is 17.0 Å². The van der Waals surface area contributed by atoms with Gasteiger partial charge >= 0.3 is 6.09 Å². The molecule has 7 nitrogen and oxygen atoms in total. The molecule has 1 atom stereocenters. The Kier molecular flexibility index (Phi) is 10.4. The normalized spacial score (nSPS) is 11.9. The topological polar surface area (TPSA) is 91.5 Å². The van der Waals surface area contributed by atoms with Crippen LogP contribution >= 0.6 is 12.2 Å². The molecule has 0 radical (unpaired) electrons. The second-order valence-corrected chi connectivity index (χ2v) is 8.51. The molecule has 29 heavy (non-hydrogen) atoms. The summed E-state index contributed by atoms with van der Waals surface area (Å²) in [5, 5.41) is 6.08. The number of hydrazine groups is 1. The van der Waals surface area contributed by atoms with Crippen molar-refractivity contribution < 1.29 is 14.3 Å². The summed E-state index contributed by atoms with van der Waals surface area (Å²) in [6.07, 6.45) is 4.23. The van der Waals surface area contributed by atoms with Gasteiger partial charge in [-0.3, -0.25) is 21.0 Å². The highest BCUT2D eigenvalue weighted by atomic mass is 32.1. The largest absolute Gasteiger partial charge is 0.444 e. The fraction of sp³-hybridized carbons (Fsp3) is 0.571. The third kappa shape index (κ3) is 11.3. The number of thiocarbonyl (C=S) groups is 1. The Hall–Kier alpha value is -2.35.